The molecule has 2 saturated carbocycles. The van der Waals surface area contributed by atoms with Crippen LogP contribution in [0.3, 0.4) is 0 Å². The third-order valence-corrected chi connectivity index (χ3v) is 7.54. The van der Waals surface area contributed by atoms with E-state index in [-0.39, 0.29) is 17.5 Å². The average Bonchev–Trinajstić information content (AvgIpc) is 3.80. The number of carbonyl (C=O) groups excluding carboxylic acids is 3. The normalized spacial score (nSPS) is 19.0. The molecule has 9 heteroatoms. The second-order valence-corrected chi connectivity index (χ2v) is 10.3. The molecule has 2 aromatic heterocycles. The highest BCUT2D eigenvalue weighted by Gasteiger charge is 2.53. The average molecular weight is 487 g/mol. The molecule has 0 atom stereocenters. The first-order chi connectivity index (χ1) is 17.4. The highest BCUT2D eigenvalue weighted by atomic mass is 16.2. The van der Waals surface area contributed by atoms with Crippen molar-refractivity contribution in [1.29, 1.82) is 5.26 Å². The quantitative estimate of drug-likeness (QED) is 0.541. The van der Waals surface area contributed by atoms with Crippen LogP contribution in [0.4, 0.5) is 5.82 Å². The molecular formula is C27H30N6O3. The Morgan fingerprint density at radius 2 is 2.08 bits per heavy atom. The summed E-state index contributed by atoms with van der Waals surface area (Å²) in [6, 6.07) is 7.60. The van der Waals surface area contributed by atoms with Gasteiger partial charge in [-0.1, -0.05) is 18.9 Å². The van der Waals surface area contributed by atoms with E-state index in [0.717, 1.165) is 30.9 Å². The summed E-state index contributed by atoms with van der Waals surface area (Å²) in [5, 5.41) is 12.3. The number of pyridine rings is 2. The number of hydrogen-bond donors (Lipinski definition) is 1. The van der Waals surface area contributed by atoms with E-state index in [0.29, 0.717) is 61.4 Å². The lowest BCUT2D eigenvalue weighted by atomic mass is 9.98. The summed E-state index contributed by atoms with van der Waals surface area (Å²) in [6.07, 6.45) is 7.82. The smallest absolute Gasteiger partial charge is 0.237 e. The van der Waals surface area contributed by atoms with Crippen molar-refractivity contribution in [3.05, 3.63) is 52.5 Å². The summed E-state index contributed by atoms with van der Waals surface area (Å²) in [7, 11) is 1.91. The number of carbonyl (C=O) groups is 3. The maximum atomic E-state index is 13.3. The van der Waals surface area contributed by atoms with Crippen LogP contribution in [0.5, 0.6) is 0 Å². The molecule has 2 aliphatic carbocycles. The van der Waals surface area contributed by atoms with Crippen molar-refractivity contribution in [3.8, 4) is 6.07 Å². The molecule has 186 valence electrons. The number of aromatic nitrogens is 2. The third kappa shape index (κ3) is 5.00. The maximum Gasteiger partial charge on any atom is 0.237 e. The second-order valence-electron chi connectivity index (χ2n) is 10.3. The molecule has 3 fully saturated rings. The van der Waals surface area contributed by atoms with Crippen molar-refractivity contribution in [2.45, 2.75) is 50.5 Å². The van der Waals surface area contributed by atoms with Gasteiger partial charge in [-0.2, -0.15) is 5.26 Å². The molecule has 0 spiro atoms. The Labute approximate surface area is 210 Å². The SMILES string of the molecule is CN1CCN(Cc2ccc(C3(C(=O)Nc4cc(CCC5CC5)c(C#N)cn4)CC3)nc2C=O)C(=O)C1. The van der Waals surface area contributed by atoms with Crippen LogP contribution in [-0.4, -0.2) is 64.6 Å². The van der Waals surface area contributed by atoms with Crippen LogP contribution in [-0.2, 0) is 28.0 Å². The molecule has 3 heterocycles. The fourth-order valence-corrected chi connectivity index (χ4v) is 4.80. The Morgan fingerprint density at radius 3 is 2.75 bits per heavy atom. The third-order valence-electron chi connectivity index (χ3n) is 7.54. The number of piperazine rings is 1. The minimum Gasteiger partial charge on any atom is -0.336 e. The van der Waals surface area contributed by atoms with Crippen molar-refractivity contribution in [2.24, 2.45) is 5.92 Å². The molecule has 0 bridgehead atoms. The molecule has 2 aromatic rings. The molecule has 0 aromatic carbocycles. The van der Waals surface area contributed by atoms with Gasteiger partial charge in [0.15, 0.2) is 6.29 Å². The zero-order valence-corrected chi connectivity index (χ0v) is 20.5. The minimum absolute atomic E-state index is 0.0223. The number of likely N-dealkylation sites (N-methyl/N-ethyl adjacent to an activating group) is 1. The lowest BCUT2D eigenvalue weighted by Crippen LogP contribution is -2.48. The number of anilines is 1. The first-order valence-electron chi connectivity index (χ1n) is 12.5. The lowest BCUT2D eigenvalue weighted by Gasteiger charge is -2.32. The van der Waals surface area contributed by atoms with Crippen molar-refractivity contribution >= 4 is 23.9 Å². The zero-order valence-electron chi connectivity index (χ0n) is 20.5. The number of aryl methyl sites for hydroxylation is 1. The van der Waals surface area contributed by atoms with E-state index in [2.05, 4.69) is 21.4 Å². The summed E-state index contributed by atoms with van der Waals surface area (Å²) < 4.78 is 0. The van der Waals surface area contributed by atoms with Gasteiger partial charge in [0.2, 0.25) is 11.8 Å². The van der Waals surface area contributed by atoms with E-state index in [1.54, 1.807) is 23.1 Å². The van der Waals surface area contributed by atoms with Crippen LogP contribution >= 0.6 is 0 Å². The Morgan fingerprint density at radius 1 is 1.28 bits per heavy atom. The fraction of sp³-hybridized carbons (Fsp3) is 0.481. The van der Waals surface area contributed by atoms with Gasteiger partial charge in [0.25, 0.3) is 0 Å². The number of amides is 2. The molecule has 36 heavy (non-hydrogen) atoms. The van der Waals surface area contributed by atoms with Crippen molar-refractivity contribution in [2.75, 3.05) is 32.0 Å². The highest BCUT2D eigenvalue weighted by Crippen LogP contribution is 2.48. The highest BCUT2D eigenvalue weighted by molar-refractivity contribution is 6.00. The number of nitriles is 1. The fourth-order valence-electron chi connectivity index (χ4n) is 4.80. The first-order valence-corrected chi connectivity index (χ1v) is 12.5. The molecule has 1 aliphatic heterocycles. The number of nitrogens with one attached hydrogen (secondary N) is 1. The van der Waals surface area contributed by atoms with Gasteiger partial charge in [0, 0.05) is 31.4 Å². The number of hydrogen-bond acceptors (Lipinski definition) is 7. The predicted octanol–water partition coefficient (Wildman–Crippen LogP) is 2.45. The number of rotatable bonds is 9. The minimum atomic E-state index is -0.802. The summed E-state index contributed by atoms with van der Waals surface area (Å²) in [5.74, 6) is 0.984. The lowest BCUT2D eigenvalue weighted by molar-refractivity contribution is -0.136. The molecule has 9 nitrogen and oxygen atoms in total. The van der Waals surface area contributed by atoms with Crippen LogP contribution in [0, 0.1) is 17.2 Å². The largest absolute Gasteiger partial charge is 0.336 e. The van der Waals surface area contributed by atoms with E-state index in [1.807, 2.05) is 11.9 Å². The Bertz CT molecular complexity index is 1240. The van der Waals surface area contributed by atoms with E-state index >= 15 is 0 Å². The van der Waals surface area contributed by atoms with Crippen molar-refractivity contribution < 1.29 is 14.4 Å². The van der Waals surface area contributed by atoms with Gasteiger partial charge < -0.3 is 10.2 Å². The van der Waals surface area contributed by atoms with Gasteiger partial charge in [-0.3, -0.25) is 19.3 Å². The molecule has 5 rings (SSSR count). The number of aldehydes is 1. The molecule has 3 aliphatic rings. The van der Waals surface area contributed by atoms with E-state index in [4.69, 9.17) is 0 Å². The van der Waals surface area contributed by atoms with Crippen LogP contribution in [0.2, 0.25) is 0 Å². The zero-order chi connectivity index (χ0) is 25.3. The summed E-state index contributed by atoms with van der Waals surface area (Å²) >= 11 is 0. The molecule has 0 unspecified atom stereocenters. The van der Waals surface area contributed by atoms with Crippen molar-refractivity contribution in [1.82, 2.24) is 19.8 Å². The van der Waals surface area contributed by atoms with Gasteiger partial charge in [0.05, 0.1) is 23.2 Å². The molecule has 0 radical (unpaired) electrons. The van der Waals surface area contributed by atoms with Gasteiger partial charge in [0.1, 0.15) is 17.6 Å². The van der Waals surface area contributed by atoms with E-state index in [1.165, 1.54) is 19.0 Å². The topological polar surface area (TPSA) is 119 Å². The van der Waals surface area contributed by atoms with Gasteiger partial charge >= 0.3 is 0 Å². The Balaban J connectivity index is 1.31. The van der Waals surface area contributed by atoms with Crippen molar-refractivity contribution in [3.63, 3.8) is 0 Å². The van der Waals surface area contributed by atoms with Crippen LogP contribution in [0.25, 0.3) is 0 Å². The Kier molecular flexibility index (Phi) is 6.54. The Hall–Kier alpha value is -3.64. The second kappa shape index (κ2) is 9.78. The number of nitrogens with zero attached hydrogens (tertiary/aromatic N) is 5. The molecule has 2 amide bonds. The van der Waals surface area contributed by atoms with Crippen LogP contribution < -0.4 is 5.32 Å². The van der Waals surface area contributed by atoms with Gasteiger partial charge in [-0.05, 0) is 56.3 Å². The van der Waals surface area contributed by atoms with Crippen LogP contribution in [0.1, 0.15) is 65.0 Å². The molecule has 1 N–H and O–H groups in total. The first kappa shape index (κ1) is 24.1. The summed E-state index contributed by atoms with van der Waals surface area (Å²) in [6.45, 7) is 2.06. The van der Waals surface area contributed by atoms with E-state index in [9.17, 15) is 19.6 Å². The molecular weight excluding hydrogens is 456 g/mol. The monoisotopic (exact) mass is 486 g/mol. The summed E-state index contributed by atoms with van der Waals surface area (Å²) in [4.78, 5) is 50.1. The van der Waals surface area contributed by atoms with Gasteiger partial charge in [-0.15, -0.1) is 0 Å². The van der Waals surface area contributed by atoms with E-state index < -0.39 is 5.41 Å². The maximum absolute atomic E-state index is 13.3. The predicted molar refractivity (Wildman–Crippen MR) is 132 cm³/mol. The molecule has 1 saturated heterocycles. The van der Waals surface area contributed by atoms with Crippen LogP contribution in [0.15, 0.2) is 24.4 Å². The summed E-state index contributed by atoms with van der Waals surface area (Å²) in [5.41, 5.74) is 2.14. The standard InChI is InChI=1S/C27H30N6O3/c1-32-10-11-33(25(35)16-32)15-20-6-7-23(30-22(20)17-34)27(8-9-27)26(36)31-24-12-19(5-4-18-2-3-18)21(13-28)14-29-24/h6-7,12,14,17-18H,2-5,8-11,15-16H2,1H3,(H,29,31,36). The van der Waals surface area contributed by atoms with Gasteiger partial charge in [-0.25, -0.2) is 9.97 Å².